The third kappa shape index (κ3) is 5.95. The molecule has 0 aromatic heterocycles. The van der Waals surface area contributed by atoms with Gasteiger partial charge >= 0.3 is 0 Å². The normalized spacial score (nSPS) is 25.1. The second kappa shape index (κ2) is 8.19. The van der Waals surface area contributed by atoms with Crippen LogP contribution < -0.4 is 11.1 Å². The summed E-state index contributed by atoms with van der Waals surface area (Å²) < 4.78 is 5.30. The van der Waals surface area contributed by atoms with E-state index in [2.05, 4.69) is 12.2 Å². The van der Waals surface area contributed by atoms with Gasteiger partial charge in [0.15, 0.2) is 0 Å². The van der Waals surface area contributed by atoms with Crippen molar-refractivity contribution in [2.45, 2.75) is 37.0 Å². The van der Waals surface area contributed by atoms with E-state index in [-0.39, 0.29) is 29.2 Å². The lowest BCUT2D eigenvalue weighted by atomic mass is 10.1. The lowest BCUT2D eigenvalue weighted by Crippen LogP contribution is -2.39. The second-order valence-corrected chi connectivity index (χ2v) is 6.16. The van der Waals surface area contributed by atoms with E-state index in [9.17, 15) is 4.79 Å². The van der Waals surface area contributed by atoms with Gasteiger partial charge < -0.3 is 15.8 Å². The Kier molecular flexibility index (Phi) is 8.20. The molecule has 1 aliphatic heterocycles. The maximum absolute atomic E-state index is 11.6. The highest BCUT2D eigenvalue weighted by Crippen LogP contribution is 2.36. The van der Waals surface area contributed by atoms with Crippen LogP contribution in [-0.4, -0.2) is 42.7 Å². The molecule has 1 rings (SSSR count). The number of ether oxygens (including phenoxy) is 1. The summed E-state index contributed by atoms with van der Waals surface area (Å²) in [5, 5.41) is 2.97. The van der Waals surface area contributed by atoms with E-state index in [0.29, 0.717) is 13.0 Å². The first-order valence-electron chi connectivity index (χ1n) is 5.73. The smallest absolute Gasteiger partial charge is 0.222 e. The number of hydrogen-bond acceptors (Lipinski definition) is 4. The van der Waals surface area contributed by atoms with Crippen LogP contribution in [0.1, 0.15) is 26.2 Å². The Balaban J connectivity index is 0.00000256. The van der Waals surface area contributed by atoms with E-state index in [1.54, 1.807) is 7.11 Å². The highest BCUT2D eigenvalue weighted by molar-refractivity contribution is 8.00. The Morgan fingerprint density at radius 3 is 2.82 bits per heavy atom. The van der Waals surface area contributed by atoms with Gasteiger partial charge in [-0.3, -0.25) is 4.79 Å². The van der Waals surface area contributed by atoms with Crippen molar-refractivity contribution in [3.05, 3.63) is 0 Å². The Bertz CT molecular complexity index is 232. The largest absolute Gasteiger partial charge is 0.380 e. The standard InChI is InChI=1S/C11H22N2O2S.ClH/c1-11(4-3-5-16-11)8-13-10(14)6-9(7-12)15-2;/h9H,3-8,12H2,1-2H3,(H,13,14);1H. The average Bonchev–Trinajstić information content (AvgIpc) is 2.71. The molecule has 0 radical (unpaired) electrons. The van der Waals surface area contributed by atoms with Crippen LogP contribution in [0.5, 0.6) is 0 Å². The molecule has 102 valence electrons. The first kappa shape index (κ1) is 17.0. The number of methoxy groups -OCH3 is 1. The van der Waals surface area contributed by atoms with Crippen LogP contribution in [0.4, 0.5) is 0 Å². The number of halogens is 1. The number of carbonyl (C=O) groups is 1. The zero-order valence-electron chi connectivity index (χ0n) is 10.5. The molecule has 0 spiro atoms. The van der Waals surface area contributed by atoms with Crippen LogP contribution >= 0.6 is 24.2 Å². The van der Waals surface area contributed by atoms with Gasteiger partial charge in [-0.2, -0.15) is 11.8 Å². The van der Waals surface area contributed by atoms with Gasteiger partial charge in [0.25, 0.3) is 0 Å². The maximum Gasteiger partial charge on any atom is 0.222 e. The molecular formula is C11H23ClN2O2S. The van der Waals surface area contributed by atoms with Gasteiger partial charge in [-0.05, 0) is 25.5 Å². The van der Waals surface area contributed by atoms with Crippen LogP contribution in [0.15, 0.2) is 0 Å². The quantitative estimate of drug-likeness (QED) is 0.768. The van der Waals surface area contributed by atoms with Gasteiger partial charge in [0, 0.05) is 24.9 Å². The number of amides is 1. The SMILES string of the molecule is COC(CN)CC(=O)NCC1(C)CCCS1.Cl. The van der Waals surface area contributed by atoms with Crippen molar-refractivity contribution in [1.29, 1.82) is 0 Å². The average molecular weight is 283 g/mol. The molecule has 1 saturated heterocycles. The lowest BCUT2D eigenvalue weighted by molar-refractivity contribution is -0.123. The first-order chi connectivity index (χ1) is 7.59. The molecule has 17 heavy (non-hydrogen) atoms. The molecule has 3 N–H and O–H groups in total. The van der Waals surface area contributed by atoms with Crippen LogP contribution in [0.25, 0.3) is 0 Å². The van der Waals surface area contributed by atoms with Crippen molar-refractivity contribution >= 4 is 30.1 Å². The summed E-state index contributed by atoms with van der Waals surface area (Å²) in [5.74, 6) is 1.24. The summed E-state index contributed by atoms with van der Waals surface area (Å²) in [4.78, 5) is 11.6. The number of nitrogens with one attached hydrogen (secondary N) is 1. The summed E-state index contributed by atoms with van der Waals surface area (Å²) in [5.41, 5.74) is 5.47. The van der Waals surface area contributed by atoms with Gasteiger partial charge in [-0.25, -0.2) is 0 Å². The fourth-order valence-electron chi connectivity index (χ4n) is 1.80. The zero-order valence-corrected chi connectivity index (χ0v) is 12.2. The van der Waals surface area contributed by atoms with E-state index >= 15 is 0 Å². The van der Waals surface area contributed by atoms with Crippen molar-refractivity contribution < 1.29 is 9.53 Å². The zero-order chi connectivity index (χ0) is 12.0. The predicted molar refractivity (Wildman–Crippen MR) is 74.8 cm³/mol. The number of rotatable bonds is 6. The Morgan fingerprint density at radius 2 is 2.35 bits per heavy atom. The molecule has 2 atom stereocenters. The molecule has 0 aliphatic carbocycles. The fourth-order valence-corrected chi connectivity index (χ4v) is 3.05. The molecule has 1 heterocycles. The third-order valence-electron chi connectivity index (χ3n) is 2.97. The van der Waals surface area contributed by atoms with E-state index in [1.165, 1.54) is 18.6 Å². The summed E-state index contributed by atoms with van der Waals surface area (Å²) in [7, 11) is 1.58. The minimum Gasteiger partial charge on any atom is -0.380 e. The third-order valence-corrected chi connectivity index (χ3v) is 4.51. The Hall–Kier alpha value is 0.0300. The van der Waals surface area contributed by atoms with Crippen molar-refractivity contribution in [2.24, 2.45) is 5.73 Å². The highest BCUT2D eigenvalue weighted by Gasteiger charge is 2.29. The Labute approximate surface area is 114 Å². The van der Waals surface area contributed by atoms with Gasteiger partial charge in [-0.15, -0.1) is 12.4 Å². The minimum atomic E-state index is -0.163. The number of carbonyl (C=O) groups excluding carboxylic acids is 1. The number of thioether (sulfide) groups is 1. The maximum atomic E-state index is 11.6. The van der Waals surface area contributed by atoms with Crippen LogP contribution in [0.3, 0.4) is 0 Å². The van der Waals surface area contributed by atoms with Crippen molar-refractivity contribution in [3.8, 4) is 0 Å². The number of nitrogens with two attached hydrogens (primary N) is 1. The van der Waals surface area contributed by atoms with Crippen LogP contribution in [0.2, 0.25) is 0 Å². The van der Waals surface area contributed by atoms with Gasteiger partial charge in [-0.1, -0.05) is 0 Å². The summed E-state index contributed by atoms with van der Waals surface area (Å²) in [6.07, 6.45) is 2.63. The minimum absolute atomic E-state index is 0. The molecule has 2 unspecified atom stereocenters. The topological polar surface area (TPSA) is 64.3 Å². The monoisotopic (exact) mass is 282 g/mol. The lowest BCUT2D eigenvalue weighted by Gasteiger charge is -2.23. The molecule has 0 bridgehead atoms. The Morgan fingerprint density at radius 1 is 1.65 bits per heavy atom. The van der Waals surface area contributed by atoms with E-state index in [0.717, 1.165) is 6.54 Å². The molecule has 1 aliphatic rings. The summed E-state index contributed by atoms with van der Waals surface area (Å²) >= 11 is 1.95. The van der Waals surface area contributed by atoms with Gasteiger partial charge in [0.2, 0.25) is 5.91 Å². The van der Waals surface area contributed by atoms with Crippen molar-refractivity contribution in [2.75, 3.05) is 26.0 Å². The van der Waals surface area contributed by atoms with Gasteiger partial charge in [0.1, 0.15) is 0 Å². The van der Waals surface area contributed by atoms with E-state index in [1.807, 2.05) is 11.8 Å². The summed E-state index contributed by atoms with van der Waals surface area (Å²) in [6, 6.07) is 0. The summed E-state index contributed by atoms with van der Waals surface area (Å²) in [6.45, 7) is 3.34. The predicted octanol–water partition coefficient (Wildman–Crippen LogP) is 1.17. The molecule has 4 nitrogen and oxygen atoms in total. The first-order valence-corrected chi connectivity index (χ1v) is 6.72. The highest BCUT2D eigenvalue weighted by atomic mass is 35.5. The molecule has 1 amide bonds. The molecule has 0 aromatic rings. The van der Waals surface area contributed by atoms with Crippen LogP contribution in [-0.2, 0) is 9.53 Å². The fraction of sp³-hybridized carbons (Fsp3) is 0.909. The molecule has 1 fully saturated rings. The van der Waals surface area contributed by atoms with E-state index in [4.69, 9.17) is 10.5 Å². The van der Waals surface area contributed by atoms with Crippen molar-refractivity contribution in [1.82, 2.24) is 5.32 Å². The second-order valence-electron chi connectivity index (χ2n) is 4.48. The molecule has 0 aromatic carbocycles. The van der Waals surface area contributed by atoms with Crippen molar-refractivity contribution in [3.63, 3.8) is 0 Å². The number of hydrogen-bond donors (Lipinski definition) is 2. The molecular weight excluding hydrogens is 260 g/mol. The van der Waals surface area contributed by atoms with Gasteiger partial charge in [0.05, 0.1) is 12.5 Å². The van der Waals surface area contributed by atoms with Crippen LogP contribution in [0, 0.1) is 0 Å². The molecule has 6 heteroatoms. The molecule has 0 saturated carbocycles. The van der Waals surface area contributed by atoms with E-state index < -0.39 is 0 Å².